The molecule has 0 amide bonds. The van der Waals surface area contributed by atoms with Gasteiger partial charge < -0.3 is 9.47 Å². The molecule has 0 heterocycles. The van der Waals surface area contributed by atoms with Crippen molar-refractivity contribution in [3.8, 4) is 0 Å². The van der Waals surface area contributed by atoms with Crippen LogP contribution in [0.15, 0.2) is 23.7 Å². The van der Waals surface area contributed by atoms with E-state index in [0.717, 1.165) is 23.5 Å². The molecule has 0 radical (unpaired) electrons. The molecule has 0 saturated carbocycles. The van der Waals surface area contributed by atoms with E-state index in [0.29, 0.717) is 0 Å². The molecule has 0 fully saturated rings. The highest BCUT2D eigenvalue weighted by Crippen LogP contribution is 2.25. The maximum Gasteiger partial charge on any atom is 0.102 e. The Hall–Kier alpha value is -0.703. The second kappa shape index (κ2) is 7.57. The molecule has 1 aliphatic carbocycles. The zero-order chi connectivity index (χ0) is 11.8. The van der Waals surface area contributed by atoms with Crippen LogP contribution < -0.4 is 0 Å². The van der Waals surface area contributed by atoms with Crippen LogP contribution >= 0.6 is 0 Å². The first-order valence-electron chi connectivity index (χ1n) is 5.51. The molecule has 0 aromatic rings. The second-order valence-corrected chi connectivity index (χ2v) is 6.62. The van der Waals surface area contributed by atoms with E-state index in [9.17, 15) is 0 Å². The predicted octanol–water partition coefficient (Wildman–Crippen LogP) is 2.27. The number of allylic oxidation sites excluding steroid dienone is 2. The van der Waals surface area contributed by atoms with Gasteiger partial charge in [-0.2, -0.15) is 0 Å². The molecule has 0 saturated heterocycles. The SMILES string of the molecule is CC(C)[SiH3].COC1=CCC=C(OC)C1C. The number of rotatable bonds is 2. The van der Waals surface area contributed by atoms with Crippen molar-refractivity contribution in [3.05, 3.63) is 23.7 Å². The lowest BCUT2D eigenvalue weighted by molar-refractivity contribution is 0.196. The van der Waals surface area contributed by atoms with Crippen molar-refractivity contribution in [1.29, 1.82) is 0 Å². The minimum absolute atomic E-state index is 0.277. The summed E-state index contributed by atoms with van der Waals surface area (Å²) in [7, 11) is 4.74. The van der Waals surface area contributed by atoms with Crippen molar-refractivity contribution in [1.82, 2.24) is 0 Å². The van der Waals surface area contributed by atoms with Crippen molar-refractivity contribution >= 4 is 10.2 Å². The fraction of sp³-hybridized carbons (Fsp3) is 0.667. The van der Waals surface area contributed by atoms with Crippen molar-refractivity contribution in [2.45, 2.75) is 32.7 Å². The largest absolute Gasteiger partial charge is 0.501 e. The van der Waals surface area contributed by atoms with Gasteiger partial charge in [0.2, 0.25) is 0 Å². The highest BCUT2D eigenvalue weighted by molar-refractivity contribution is 6.10. The topological polar surface area (TPSA) is 18.5 Å². The third kappa shape index (κ3) is 5.67. The van der Waals surface area contributed by atoms with Gasteiger partial charge in [-0.15, -0.1) is 0 Å². The second-order valence-electron chi connectivity index (χ2n) is 4.31. The van der Waals surface area contributed by atoms with Crippen LogP contribution in [-0.2, 0) is 9.47 Å². The molecular weight excluding hydrogens is 204 g/mol. The minimum Gasteiger partial charge on any atom is -0.501 e. The molecule has 0 aromatic carbocycles. The molecular formula is C12H24O2Si. The fourth-order valence-corrected chi connectivity index (χ4v) is 1.31. The van der Waals surface area contributed by atoms with Gasteiger partial charge >= 0.3 is 0 Å². The van der Waals surface area contributed by atoms with Gasteiger partial charge in [-0.1, -0.05) is 19.4 Å². The Labute approximate surface area is 96.8 Å². The summed E-state index contributed by atoms with van der Waals surface area (Å²) in [6, 6.07) is 0. The van der Waals surface area contributed by atoms with Gasteiger partial charge in [0.1, 0.15) is 11.5 Å². The standard InChI is InChI=1S/C9H14O2.C3H10Si/c1-7-8(10-2)5-4-6-9(7)11-3;1-3(2)4/h5-7H,4H2,1-3H3;3H,1-2,4H3. The van der Waals surface area contributed by atoms with Gasteiger partial charge in [-0.3, -0.25) is 0 Å². The van der Waals surface area contributed by atoms with E-state index in [1.165, 1.54) is 10.2 Å². The maximum atomic E-state index is 5.18. The van der Waals surface area contributed by atoms with E-state index in [1.807, 2.05) is 0 Å². The summed E-state index contributed by atoms with van der Waals surface area (Å²) in [6.07, 6.45) is 5.07. The van der Waals surface area contributed by atoms with E-state index >= 15 is 0 Å². The summed E-state index contributed by atoms with van der Waals surface area (Å²) in [4.78, 5) is 0. The number of ether oxygens (including phenoxy) is 2. The van der Waals surface area contributed by atoms with Crippen molar-refractivity contribution < 1.29 is 9.47 Å². The van der Waals surface area contributed by atoms with Gasteiger partial charge in [0, 0.05) is 10.2 Å². The molecule has 0 bridgehead atoms. The van der Waals surface area contributed by atoms with Crippen LogP contribution in [0.3, 0.4) is 0 Å². The van der Waals surface area contributed by atoms with Gasteiger partial charge in [-0.05, 0) is 25.5 Å². The van der Waals surface area contributed by atoms with Crippen LogP contribution in [0.25, 0.3) is 0 Å². The van der Waals surface area contributed by atoms with Crippen LogP contribution in [0.4, 0.5) is 0 Å². The van der Waals surface area contributed by atoms with E-state index in [4.69, 9.17) is 9.47 Å². The Kier molecular flexibility index (Phi) is 7.22. The smallest absolute Gasteiger partial charge is 0.102 e. The highest BCUT2D eigenvalue weighted by Gasteiger charge is 2.17. The average molecular weight is 228 g/mol. The first-order valence-corrected chi connectivity index (χ1v) is 6.66. The summed E-state index contributed by atoms with van der Waals surface area (Å²) in [5.74, 6) is 2.28. The van der Waals surface area contributed by atoms with E-state index < -0.39 is 0 Å². The summed E-state index contributed by atoms with van der Waals surface area (Å²) < 4.78 is 10.4. The normalized spacial score (nSPS) is 16.4. The molecule has 0 atom stereocenters. The summed E-state index contributed by atoms with van der Waals surface area (Å²) >= 11 is 0. The van der Waals surface area contributed by atoms with Crippen molar-refractivity contribution in [2.75, 3.05) is 14.2 Å². The van der Waals surface area contributed by atoms with Crippen molar-refractivity contribution in [3.63, 3.8) is 0 Å². The van der Waals surface area contributed by atoms with Crippen LogP contribution in [-0.4, -0.2) is 24.5 Å². The molecule has 0 aromatic heterocycles. The minimum atomic E-state index is 0.277. The Balaban J connectivity index is 0.000000423. The number of methoxy groups -OCH3 is 2. The first-order chi connectivity index (χ1) is 7.02. The molecule has 15 heavy (non-hydrogen) atoms. The first kappa shape index (κ1) is 14.3. The monoisotopic (exact) mass is 228 g/mol. The third-order valence-electron chi connectivity index (χ3n) is 1.96. The zero-order valence-corrected chi connectivity index (χ0v) is 12.8. The summed E-state index contributed by atoms with van der Waals surface area (Å²) in [5.41, 5.74) is 0.972. The van der Waals surface area contributed by atoms with Crippen LogP contribution in [0.1, 0.15) is 27.2 Å². The zero-order valence-electron chi connectivity index (χ0n) is 10.8. The quantitative estimate of drug-likeness (QED) is 0.675. The lowest BCUT2D eigenvalue weighted by Crippen LogP contribution is -2.09. The maximum absolute atomic E-state index is 5.18. The molecule has 0 unspecified atom stereocenters. The molecule has 0 N–H and O–H groups in total. The van der Waals surface area contributed by atoms with E-state index in [1.54, 1.807) is 14.2 Å². The number of hydrogen-bond donors (Lipinski definition) is 0. The van der Waals surface area contributed by atoms with Gasteiger partial charge in [0.25, 0.3) is 0 Å². The Morgan fingerprint density at radius 3 is 1.80 bits per heavy atom. The molecule has 88 valence electrons. The molecule has 1 rings (SSSR count). The highest BCUT2D eigenvalue weighted by atomic mass is 28.1. The Bertz CT molecular complexity index is 209. The summed E-state index contributed by atoms with van der Waals surface area (Å²) in [5, 5.41) is 0. The molecule has 1 aliphatic rings. The molecule has 0 spiro atoms. The Morgan fingerprint density at radius 1 is 1.20 bits per heavy atom. The van der Waals surface area contributed by atoms with E-state index in [-0.39, 0.29) is 5.92 Å². The molecule has 0 aliphatic heterocycles. The van der Waals surface area contributed by atoms with Crippen molar-refractivity contribution in [2.24, 2.45) is 5.92 Å². The van der Waals surface area contributed by atoms with E-state index in [2.05, 4.69) is 32.9 Å². The fourth-order valence-electron chi connectivity index (χ4n) is 1.31. The van der Waals surface area contributed by atoms with Crippen LogP contribution in [0, 0.1) is 5.92 Å². The molecule has 2 nitrogen and oxygen atoms in total. The predicted molar refractivity (Wildman–Crippen MR) is 69.0 cm³/mol. The third-order valence-corrected chi connectivity index (χ3v) is 1.96. The Morgan fingerprint density at radius 2 is 1.53 bits per heavy atom. The lowest BCUT2D eigenvalue weighted by Gasteiger charge is -2.20. The van der Waals surface area contributed by atoms with Crippen LogP contribution in [0.2, 0.25) is 5.54 Å². The number of hydrogen-bond acceptors (Lipinski definition) is 2. The molecule has 3 heteroatoms. The van der Waals surface area contributed by atoms with Crippen LogP contribution in [0.5, 0.6) is 0 Å². The summed E-state index contributed by atoms with van der Waals surface area (Å²) in [6.45, 7) is 6.53. The average Bonchev–Trinajstić information content (AvgIpc) is 2.17. The van der Waals surface area contributed by atoms with Gasteiger partial charge in [0.05, 0.1) is 20.1 Å². The lowest BCUT2D eigenvalue weighted by atomic mass is 10.0. The van der Waals surface area contributed by atoms with Gasteiger partial charge in [0.15, 0.2) is 0 Å². The van der Waals surface area contributed by atoms with Gasteiger partial charge in [-0.25, -0.2) is 0 Å².